The van der Waals surface area contributed by atoms with Gasteiger partial charge in [-0.15, -0.1) is 0 Å². The van der Waals surface area contributed by atoms with Crippen molar-refractivity contribution in [2.45, 2.75) is 18.8 Å². The fraction of sp³-hybridized carbons (Fsp3) is 0.429. The standard InChI is InChI=1S/C7H9BN2O/c8-10-3-6(4-11)9-7(10)5-1-2-5/h3-5H,1-2,8H2. The average Bonchev–Trinajstić information content (AvgIpc) is 2.76. The van der Waals surface area contributed by atoms with E-state index in [-0.39, 0.29) is 0 Å². The van der Waals surface area contributed by atoms with E-state index in [9.17, 15) is 4.79 Å². The van der Waals surface area contributed by atoms with E-state index in [1.165, 1.54) is 12.8 Å². The van der Waals surface area contributed by atoms with E-state index in [1.807, 2.05) is 12.5 Å². The van der Waals surface area contributed by atoms with Crippen LogP contribution in [0, 0.1) is 0 Å². The van der Waals surface area contributed by atoms with Crippen LogP contribution in [0.1, 0.15) is 35.1 Å². The first-order valence-corrected chi connectivity index (χ1v) is 3.79. The van der Waals surface area contributed by atoms with Gasteiger partial charge in [0.25, 0.3) is 0 Å². The van der Waals surface area contributed by atoms with E-state index in [0.29, 0.717) is 11.6 Å². The minimum absolute atomic E-state index is 0.550. The monoisotopic (exact) mass is 148 g/mol. The van der Waals surface area contributed by atoms with E-state index in [2.05, 4.69) is 4.98 Å². The topological polar surface area (TPSA) is 34.9 Å². The molecule has 0 bridgehead atoms. The van der Waals surface area contributed by atoms with Crippen molar-refractivity contribution >= 4 is 14.3 Å². The lowest BCUT2D eigenvalue weighted by atomic mass is 10.3. The second-order valence-corrected chi connectivity index (χ2v) is 3.03. The molecule has 0 spiro atoms. The summed E-state index contributed by atoms with van der Waals surface area (Å²) in [7, 11) is 1.94. The Bertz CT molecular complexity index is 291. The van der Waals surface area contributed by atoms with Crippen LogP contribution in [0.2, 0.25) is 0 Å². The molecule has 56 valence electrons. The summed E-state index contributed by atoms with van der Waals surface area (Å²) in [5, 5.41) is 0. The molecule has 1 aromatic heterocycles. The quantitative estimate of drug-likeness (QED) is 0.436. The van der Waals surface area contributed by atoms with Gasteiger partial charge in [-0.3, -0.25) is 4.79 Å². The number of carbonyl (C=O) groups excluding carboxylic acids is 1. The molecule has 0 aromatic carbocycles. The summed E-state index contributed by atoms with van der Waals surface area (Å²) in [6.07, 6.45) is 5.03. The number of aldehydes is 1. The normalized spacial score (nSPS) is 16.7. The lowest BCUT2D eigenvalue weighted by Crippen LogP contribution is -1.95. The van der Waals surface area contributed by atoms with Crippen molar-refractivity contribution in [1.82, 2.24) is 9.46 Å². The molecule has 1 saturated carbocycles. The van der Waals surface area contributed by atoms with E-state index >= 15 is 0 Å². The number of imidazole rings is 1. The van der Waals surface area contributed by atoms with Crippen molar-refractivity contribution in [3.8, 4) is 0 Å². The lowest BCUT2D eigenvalue weighted by molar-refractivity contribution is 0.111. The molecular formula is C7H9BN2O. The summed E-state index contributed by atoms with van der Waals surface area (Å²) in [4.78, 5) is 14.5. The van der Waals surface area contributed by atoms with Gasteiger partial charge in [-0.25, -0.2) is 4.98 Å². The molecule has 1 aliphatic carbocycles. The number of hydrogen-bond acceptors (Lipinski definition) is 2. The first kappa shape index (κ1) is 6.64. The van der Waals surface area contributed by atoms with Crippen LogP contribution in [0.5, 0.6) is 0 Å². The lowest BCUT2D eigenvalue weighted by Gasteiger charge is -1.95. The Morgan fingerprint density at radius 1 is 1.73 bits per heavy atom. The minimum atomic E-state index is 0.550. The molecule has 0 saturated heterocycles. The van der Waals surface area contributed by atoms with Gasteiger partial charge in [-0.2, -0.15) is 0 Å². The van der Waals surface area contributed by atoms with Crippen LogP contribution in [0.25, 0.3) is 0 Å². The highest BCUT2D eigenvalue weighted by atomic mass is 16.1. The molecule has 2 rings (SSSR count). The van der Waals surface area contributed by atoms with Gasteiger partial charge in [0.1, 0.15) is 5.69 Å². The number of rotatable bonds is 2. The van der Waals surface area contributed by atoms with Crippen molar-refractivity contribution in [3.05, 3.63) is 17.7 Å². The molecule has 1 aliphatic rings. The van der Waals surface area contributed by atoms with Crippen LogP contribution in [-0.2, 0) is 0 Å². The minimum Gasteiger partial charge on any atom is -0.386 e. The SMILES string of the molecule is Bn1cc(C=O)nc1C1CC1. The number of aromatic nitrogens is 2. The Hall–Kier alpha value is -1.06. The Balaban J connectivity index is 2.37. The smallest absolute Gasteiger partial charge is 0.224 e. The average molecular weight is 148 g/mol. The Morgan fingerprint density at radius 2 is 2.45 bits per heavy atom. The molecule has 1 fully saturated rings. The van der Waals surface area contributed by atoms with E-state index < -0.39 is 0 Å². The molecule has 0 N–H and O–H groups in total. The van der Waals surface area contributed by atoms with E-state index in [0.717, 1.165) is 12.1 Å². The number of hydrogen-bond donors (Lipinski definition) is 0. The summed E-state index contributed by atoms with van der Waals surface area (Å²) >= 11 is 0. The molecule has 0 radical (unpaired) electrons. The van der Waals surface area contributed by atoms with Crippen molar-refractivity contribution in [1.29, 1.82) is 0 Å². The predicted molar refractivity (Wildman–Crippen MR) is 43.5 cm³/mol. The van der Waals surface area contributed by atoms with Crippen LogP contribution in [0.4, 0.5) is 0 Å². The molecule has 4 heteroatoms. The zero-order valence-electron chi connectivity index (χ0n) is 6.45. The van der Waals surface area contributed by atoms with Crippen LogP contribution in [0.15, 0.2) is 6.20 Å². The van der Waals surface area contributed by atoms with Gasteiger partial charge in [-0.1, -0.05) is 0 Å². The number of nitrogens with zero attached hydrogens (tertiary/aromatic N) is 2. The van der Waals surface area contributed by atoms with Crippen molar-refractivity contribution < 1.29 is 4.79 Å². The van der Waals surface area contributed by atoms with Crippen molar-refractivity contribution in [3.63, 3.8) is 0 Å². The molecule has 1 aromatic rings. The summed E-state index contributed by atoms with van der Waals surface area (Å²) in [6.45, 7) is 0. The summed E-state index contributed by atoms with van der Waals surface area (Å²) in [5.74, 6) is 1.68. The second kappa shape index (κ2) is 2.22. The third-order valence-corrected chi connectivity index (χ3v) is 1.99. The first-order valence-electron chi connectivity index (χ1n) is 3.79. The maximum absolute atomic E-state index is 10.3. The molecular weight excluding hydrogens is 139 g/mol. The maximum Gasteiger partial charge on any atom is 0.224 e. The highest BCUT2D eigenvalue weighted by Crippen LogP contribution is 2.38. The highest BCUT2D eigenvalue weighted by Gasteiger charge is 2.27. The van der Waals surface area contributed by atoms with Gasteiger partial charge in [0.2, 0.25) is 7.98 Å². The highest BCUT2D eigenvalue weighted by molar-refractivity contribution is 6.07. The fourth-order valence-electron chi connectivity index (χ4n) is 1.28. The number of carbonyl (C=O) groups is 1. The van der Waals surface area contributed by atoms with Crippen LogP contribution < -0.4 is 0 Å². The Morgan fingerprint density at radius 3 is 2.91 bits per heavy atom. The van der Waals surface area contributed by atoms with Gasteiger partial charge in [0.05, 0.1) is 5.82 Å². The molecule has 0 unspecified atom stereocenters. The van der Waals surface area contributed by atoms with Gasteiger partial charge < -0.3 is 4.48 Å². The Labute approximate surface area is 65.9 Å². The molecule has 0 atom stereocenters. The van der Waals surface area contributed by atoms with Gasteiger partial charge >= 0.3 is 0 Å². The van der Waals surface area contributed by atoms with E-state index in [1.54, 1.807) is 6.20 Å². The zero-order chi connectivity index (χ0) is 7.84. The van der Waals surface area contributed by atoms with Gasteiger partial charge in [0, 0.05) is 12.1 Å². The van der Waals surface area contributed by atoms with Crippen molar-refractivity contribution in [2.24, 2.45) is 0 Å². The van der Waals surface area contributed by atoms with Crippen LogP contribution in [0.3, 0.4) is 0 Å². The third-order valence-electron chi connectivity index (χ3n) is 1.99. The van der Waals surface area contributed by atoms with Gasteiger partial charge in [-0.05, 0) is 12.8 Å². The molecule has 0 aliphatic heterocycles. The first-order chi connectivity index (χ1) is 5.31. The van der Waals surface area contributed by atoms with Gasteiger partial charge in [0.15, 0.2) is 6.29 Å². The summed E-state index contributed by atoms with van der Waals surface area (Å²) in [5.41, 5.74) is 0.550. The largest absolute Gasteiger partial charge is 0.386 e. The predicted octanol–water partition coefficient (Wildman–Crippen LogP) is -0.0308. The van der Waals surface area contributed by atoms with Crippen LogP contribution in [-0.4, -0.2) is 23.7 Å². The summed E-state index contributed by atoms with van der Waals surface area (Å²) < 4.78 is 1.95. The maximum atomic E-state index is 10.3. The zero-order valence-corrected chi connectivity index (χ0v) is 6.45. The Kier molecular flexibility index (Phi) is 1.34. The van der Waals surface area contributed by atoms with Crippen LogP contribution >= 0.6 is 0 Å². The molecule has 3 nitrogen and oxygen atoms in total. The van der Waals surface area contributed by atoms with E-state index in [4.69, 9.17) is 0 Å². The second-order valence-electron chi connectivity index (χ2n) is 3.03. The third kappa shape index (κ3) is 1.08. The molecule has 1 heterocycles. The van der Waals surface area contributed by atoms with Crippen molar-refractivity contribution in [2.75, 3.05) is 0 Å². The molecule has 0 amide bonds. The molecule has 11 heavy (non-hydrogen) atoms. The summed E-state index contributed by atoms with van der Waals surface area (Å²) in [6, 6.07) is 0. The fourth-order valence-corrected chi connectivity index (χ4v) is 1.28.